The Balaban J connectivity index is 1.62. The van der Waals surface area contributed by atoms with E-state index in [1.807, 2.05) is 36.5 Å². The second-order valence-electron chi connectivity index (χ2n) is 5.98. The molecule has 4 rings (SSSR count). The molecule has 0 atom stereocenters. The number of nitrogens with one attached hydrogen (secondary N) is 1. The summed E-state index contributed by atoms with van der Waals surface area (Å²) in [7, 11) is 1.67. The number of aromatic nitrogens is 2. The lowest BCUT2D eigenvalue weighted by molar-refractivity contribution is 0.122. The van der Waals surface area contributed by atoms with E-state index in [9.17, 15) is 0 Å². The summed E-state index contributed by atoms with van der Waals surface area (Å²) in [5.74, 6) is 1.28. The number of methoxy groups -OCH3 is 1. The first-order valence-electron chi connectivity index (χ1n) is 8.43. The van der Waals surface area contributed by atoms with Crippen LogP contribution >= 0.6 is 15.9 Å². The number of para-hydroxylation sites is 1. The third kappa shape index (κ3) is 3.45. The molecule has 1 aliphatic rings. The summed E-state index contributed by atoms with van der Waals surface area (Å²) in [5, 5.41) is 4.25. The van der Waals surface area contributed by atoms with Gasteiger partial charge in [-0.2, -0.15) is 0 Å². The van der Waals surface area contributed by atoms with E-state index in [-0.39, 0.29) is 0 Å². The van der Waals surface area contributed by atoms with Gasteiger partial charge in [-0.25, -0.2) is 9.97 Å². The van der Waals surface area contributed by atoms with Crippen LogP contribution in [0.2, 0.25) is 0 Å². The molecule has 0 amide bonds. The Kier molecular flexibility index (Phi) is 4.90. The third-order valence-corrected chi connectivity index (χ3v) is 5.01. The average molecular weight is 415 g/mol. The van der Waals surface area contributed by atoms with Crippen molar-refractivity contribution in [2.75, 3.05) is 43.6 Å². The maximum absolute atomic E-state index is 5.58. The van der Waals surface area contributed by atoms with Crippen molar-refractivity contribution >= 4 is 44.2 Å². The molecule has 0 unspecified atom stereocenters. The second kappa shape index (κ2) is 7.47. The van der Waals surface area contributed by atoms with Crippen LogP contribution in [0.3, 0.4) is 0 Å². The van der Waals surface area contributed by atoms with Gasteiger partial charge in [0.2, 0.25) is 5.95 Å². The van der Waals surface area contributed by atoms with Crippen molar-refractivity contribution in [3.63, 3.8) is 0 Å². The van der Waals surface area contributed by atoms with Crippen molar-refractivity contribution in [1.29, 1.82) is 0 Å². The summed E-state index contributed by atoms with van der Waals surface area (Å²) in [5.41, 5.74) is 2.82. The maximum atomic E-state index is 5.58. The van der Waals surface area contributed by atoms with Crippen LogP contribution in [-0.2, 0) is 4.74 Å². The Labute approximate surface area is 160 Å². The van der Waals surface area contributed by atoms with Gasteiger partial charge in [-0.1, -0.05) is 12.1 Å². The van der Waals surface area contributed by atoms with Crippen molar-refractivity contribution in [2.45, 2.75) is 0 Å². The van der Waals surface area contributed by atoms with Gasteiger partial charge in [0.1, 0.15) is 5.75 Å². The Morgan fingerprint density at radius 1 is 1.19 bits per heavy atom. The molecule has 6 nitrogen and oxygen atoms in total. The van der Waals surface area contributed by atoms with Crippen LogP contribution in [0.1, 0.15) is 0 Å². The van der Waals surface area contributed by atoms with E-state index >= 15 is 0 Å². The van der Waals surface area contributed by atoms with E-state index in [0.717, 1.165) is 58.8 Å². The molecular formula is C19H19BrN4O2. The molecule has 1 fully saturated rings. The van der Waals surface area contributed by atoms with Crippen LogP contribution in [0.15, 0.2) is 47.1 Å². The molecule has 2 heterocycles. The molecule has 0 bridgehead atoms. The number of ether oxygens (including phenoxy) is 2. The number of benzene rings is 2. The summed E-state index contributed by atoms with van der Waals surface area (Å²) in [4.78, 5) is 11.3. The van der Waals surface area contributed by atoms with Crippen LogP contribution in [0.25, 0.3) is 10.9 Å². The Hall–Kier alpha value is -2.38. The average Bonchev–Trinajstić information content (AvgIpc) is 2.69. The van der Waals surface area contributed by atoms with Crippen molar-refractivity contribution < 1.29 is 9.47 Å². The SMILES string of the molecule is COc1cc(N2CCOCC2)ccc1Nc1ncc2cccc(Br)c2n1. The lowest BCUT2D eigenvalue weighted by Gasteiger charge is -2.29. The van der Waals surface area contributed by atoms with E-state index in [1.165, 1.54) is 0 Å². The van der Waals surface area contributed by atoms with E-state index < -0.39 is 0 Å². The molecule has 2 aromatic carbocycles. The highest BCUT2D eigenvalue weighted by Gasteiger charge is 2.14. The molecule has 26 heavy (non-hydrogen) atoms. The lowest BCUT2D eigenvalue weighted by atomic mass is 10.2. The van der Waals surface area contributed by atoms with Crippen molar-refractivity contribution in [3.8, 4) is 5.75 Å². The van der Waals surface area contributed by atoms with Gasteiger partial charge in [0.05, 0.1) is 31.5 Å². The number of anilines is 3. The number of halogens is 1. The van der Waals surface area contributed by atoms with Crippen molar-refractivity contribution in [1.82, 2.24) is 9.97 Å². The predicted octanol–water partition coefficient (Wildman–Crippen LogP) is 3.98. The first kappa shape index (κ1) is 17.1. The molecule has 0 radical (unpaired) electrons. The predicted molar refractivity (Wildman–Crippen MR) is 107 cm³/mol. The van der Waals surface area contributed by atoms with E-state index in [0.29, 0.717) is 5.95 Å². The zero-order chi connectivity index (χ0) is 17.9. The zero-order valence-electron chi connectivity index (χ0n) is 14.4. The van der Waals surface area contributed by atoms with Crippen LogP contribution in [0.5, 0.6) is 5.75 Å². The number of hydrogen-bond acceptors (Lipinski definition) is 6. The van der Waals surface area contributed by atoms with Gasteiger partial charge in [0.15, 0.2) is 0 Å². The molecule has 7 heteroatoms. The largest absolute Gasteiger partial charge is 0.494 e. The maximum Gasteiger partial charge on any atom is 0.227 e. The summed E-state index contributed by atoms with van der Waals surface area (Å²) < 4.78 is 11.9. The van der Waals surface area contributed by atoms with Gasteiger partial charge in [-0.3, -0.25) is 0 Å². The van der Waals surface area contributed by atoms with E-state index in [2.05, 4.69) is 42.2 Å². The van der Waals surface area contributed by atoms with Crippen molar-refractivity contribution in [2.24, 2.45) is 0 Å². The molecule has 0 spiro atoms. The van der Waals surface area contributed by atoms with E-state index in [1.54, 1.807) is 7.11 Å². The van der Waals surface area contributed by atoms with Crippen LogP contribution in [-0.4, -0.2) is 43.4 Å². The monoisotopic (exact) mass is 414 g/mol. The number of fused-ring (bicyclic) bond motifs is 1. The number of hydrogen-bond donors (Lipinski definition) is 1. The number of nitrogens with zero attached hydrogens (tertiary/aromatic N) is 3. The molecule has 1 aromatic heterocycles. The quantitative estimate of drug-likeness (QED) is 0.696. The van der Waals surface area contributed by atoms with Gasteiger partial charge in [0.25, 0.3) is 0 Å². The minimum Gasteiger partial charge on any atom is -0.494 e. The molecule has 134 valence electrons. The van der Waals surface area contributed by atoms with Crippen LogP contribution in [0, 0.1) is 0 Å². The summed E-state index contributed by atoms with van der Waals surface area (Å²) >= 11 is 3.54. The second-order valence-corrected chi connectivity index (χ2v) is 6.83. The zero-order valence-corrected chi connectivity index (χ0v) is 16.0. The highest BCUT2D eigenvalue weighted by molar-refractivity contribution is 9.10. The third-order valence-electron chi connectivity index (χ3n) is 4.37. The highest BCUT2D eigenvalue weighted by Crippen LogP contribution is 2.32. The summed E-state index contributed by atoms with van der Waals surface area (Å²) in [6.07, 6.45) is 1.81. The molecule has 0 saturated carbocycles. The topological polar surface area (TPSA) is 59.5 Å². The Morgan fingerprint density at radius 2 is 2.04 bits per heavy atom. The molecule has 0 aliphatic carbocycles. The lowest BCUT2D eigenvalue weighted by Crippen LogP contribution is -2.36. The fourth-order valence-electron chi connectivity index (χ4n) is 3.00. The minimum atomic E-state index is 0.529. The van der Waals surface area contributed by atoms with Crippen LogP contribution in [0.4, 0.5) is 17.3 Å². The fourth-order valence-corrected chi connectivity index (χ4v) is 3.47. The van der Waals surface area contributed by atoms with Gasteiger partial charge in [0, 0.05) is 40.9 Å². The first-order valence-corrected chi connectivity index (χ1v) is 9.23. The van der Waals surface area contributed by atoms with Gasteiger partial charge in [-0.05, 0) is 34.1 Å². The molecular weight excluding hydrogens is 396 g/mol. The minimum absolute atomic E-state index is 0.529. The molecule has 1 saturated heterocycles. The van der Waals surface area contributed by atoms with Gasteiger partial charge >= 0.3 is 0 Å². The fraction of sp³-hybridized carbons (Fsp3) is 0.263. The summed E-state index contributed by atoms with van der Waals surface area (Å²) in [6.45, 7) is 3.28. The smallest absolute Gasteiger partial charge is 0.227 e. The van der Waals surface area contributed by atoms with Gasteiger partial charge in [-0.15, -0.1) is 0 Å². The Bertz CT molecular complexity index is 929. The molecule has 1 aliphatic heterocycles. The molecule has 3 aromatic rings. The van der Waals surface area contributed by atoms with E-state index in [4.69, 9.17) is 9.47 Å². The highest BCUT2D eigenvalue weighted by atomic mass is 79.9. The number of rotatable bonds is 4. The summed E-state index contributed by atoms with van der Waals surface area (Å²) in [6, 6.07) is 12.0. The molecule has 1 N–H and O–H groups in total. The van der Waals surface area contributed by atoms with Gasteiger partial charge < -0.3 is 19.7 Å². The standard InChI is InChI=1S/C19H19BrN4O2/c1-25-17-11-14(24-7-9-26-10-8-24)5-6-16(17)22-19-21-12-13-3-2-4-15(20)18(13)23-19/h2-6,11-12H,7-10H2,1H3,(H,21,22,23). The first-order chi connectivity index (χ1) is 12.7. The normalized spacial score (nSPS) is 14.5. The van der Waals surface area contributed by atoms with Crippen molar-refractivity contribution in [3.05, 3.63) is 47.1 Å². The van der Waals surface area contributed by atoms with Crippen LogP contribution < -0.4 is 15.0 Å². The Morgan fingerprint density at radius 3 is 2.85 bits per heavy atom. The number of morpholine rings is 1.